The number of halogens is 2. The van der Waals surface area contributed by atoms with Crippen molar-refractivity contribution in [1.29, 1.82) is 0 Å². The molecule has 1 saturated heterocycles. The van der Waals surface area contributed by atoms with E-state index in [4.69, 9.17) is 25.3 Å². The topological polar surface area (TPSA) is 120 Å². The van der Waals surface area contributed by atoms with Gasteiger partial charge in [0.2, 0.25) is 0 Å². The van der Waals surface area contributed by atoms with Crippen molar-refractivity contribution in [2.75, 3.05) is 30.9 Å². The van der Waals surface area contributed by atoms with Crippen molar-refractivity contribution in [3.63, 3.8) is 0 Å². The van der Waals surface area contributed by atoms with Crippen LogP contribution in [-0.2, 0) is 25.6 Å². The maximum Gasteiger partial charge on any atom is 0.410 e. The first-order chi connectivity index (χ1) is 17.1. The van der Waals surface area contributed by atoms with Gasteiger partial charge in [-0.3, -0.25) is 8.75 Å². The van der Waals surface area contributed by atoms with Crippen molar-refractivity contribution in [1.82, 2.24) is 14.5 Å². The molecule has 0 radical (unpaired) electrons. The van der Waals surface area contributed by atoms with Gasteiger partial charge in [-0.25, -0.2) is 9.59 Å². The quantitative estimate of drug-likeness (QED) is 0.475. The molecule has 3 atom stereocenters. The van der Waals surface area contributed by atoms with Crippen LogP contribution in [0.25, 0.3) is 10.9 Å². The van der Waals surface area contributed by atoms with Gasteiger partial charge in [0.25, 0.3) is 10.1 Å². The van der Waals surface area contributed by atoms with E-state index in [0.29, 0.717) is 45.1 Å². The molecular formula is C23H30BrClN4O7S. The summed E-state index contributed by atoms with van der Waals surface area (Å²) in [5.74, 6) is 0.706. The number of aromatic nitrogens is 2. The molecule has 2 aliphatic heterocycles. The first-order valence-electron chi connectivity index (χ1n) is 11.8. The SMILES string of the molecule is C[C@H]1CN(c2nc(=O)n3c4c(c(Br)c(Cl)cc24)OC[C@@H](OS(C)(=O)=O)C3)[C@@H](C)CN1C(=O)OC(C)(C)C. The number of carbonyl (C=O) groups is 1. The largest absolute Gasteiger partial charge is 0.487 e. The van der Waals surface area contributed by atoms with Gasteiger partial charge in [0.15, 0.2) is 5.75 Å². The van der Waals surface area contributed by atoms with E-state index in [1.54, 1.807) is 11.0 Å². The van der Waals surface area contributed by atoms with Gasteiger partial charge in [-0.15, -0.1) is 0 Å². The lowest BCUT2D eigenvalue weighted by Crippen LogP contribution is -2.59. The van der Waals surface area contributed by atoms with E-state index in [1.165, 1.54) is 4.57 Å². The van der Waals surface area contributed by atoms with Crippen LogP contribution in [0.1, 0.15) is 34.6 Å². The normalized spacial score (nSPS) is 22.5. The second kappa shape index (κ2) is 9.90. The Labute approximate surface area is 228 Å². The molecule has 3 heterocycles. The van der Waals surface area contributed by atoms with Crippen LogP contribution >= 0.6 is 27.5 Å². The van der Waals surface area contributed by atoms with Crippen LogP contribution in [0, 0.1) is 0 Å². The van der Waals surface area contributed by atoms with Crippen molar-refractivity contribution < 1.29 is 26.9 Å². The Morgan fingerprint density at radius 2 is 1.89 bits per heavy atom. The van der Waals surface area contributed by atoms with E-state index in [2.05, 4.69) is 20.9 Å². The van der Waals surface area contributed by atoms with Crippen molar-refractivity contribution in [2.24, 2.45) is 0 Å². The molecule has 2 aliphatic rings. The molecule has 0 N–H and O–H groups in total. The minimum Gasteiger partial charge on any atom is -0.487 e. The maximum atomic E-state index is 13.3. The number of rotatable bonds is 3. The molecule has 11 nitrogen and oxygen atoms in total. The summed E-state index contributed by atoms with van der Waals surface area (Å²) in [7, 11) is -3.79. The standard InChI is InChI=1S/C23H30BrClN4O7S/c1-12-9-28(22(31)35-23(3,4)5)13(2)8-27(12)20-15-7-16(25)17(24)19-18(15)29(21(30)26-20)10-14(11-34-19)36-37(6,32)33/h7,12-14H,8-11H2,1-6H3/t12-,13-,14-/m0/s1. The van der Waals surface area contributed by atoms with Crippen molar-refractivity contribution in [3.05, 3.63) is 26.0 Å². The highest BCUT2D eigenvalue weighted by Gasteiger charge is 2.37. The summed E-state index contributed by atoms with van der Waals surface area (Å²) in [6, 6.07) is 1.27. The average molecular weight is 622 g/mol. The second-order valence-electron chi connectivity index (χ2n) is 10.4. The maximum absolute atomic E-state index is 13.3. The zero-order valence-corrected chi connectivity index (χ0v) is 24.6. The Hall–Kier alpha value is -2.09. The monoisotopic (exact) mass is 620 g/mol. The predicted molar refractivity (Wildman–Crippen MR) is 143 cm³/mol. The summed E-state index contributed by atoms with van der Waals surface area (Å²) in [5.41, 5.74) is -0.773. The zero-order chi connectivity index (χ0) is 27.4. The summed E-state index contributed by atoms with van der Waals surface area (Å²) in [4.78, 5) is 34.1. The highest BCUT2D eigenvalue weighted by atomic mass is 79.9. The number of hydrogen-bond acceptors (Lipinski definition) is 9. The highest BCUT2D eigenvalue weighted by Crippen LogP contribution is 2.43. The van der Waals surface area contributed by atoms with Gasteiger partial charge in [-0.05, 0) is 56.6 Å². The highest BCUT2D eigenvalue weighted by molar-refractivity contribution is 9.10. The lowest BCUT2D eigenvalue weighted by Gasteiger charge is -2.45. The van der Waals surface area contributed by atoms with E-state index in [-0.39, 0.29) is 25.2 Å². The Morgan fingerprint density at radius 1 is 1.22 bits per heavy atom. The Balaban J connectivity index is 1.78. The zero-order valence-electron chi connectivity index (χ0n) is 21.4. The number of anilines is 1. The summed E-state index contributed by atoms with van der Waals surface area (Å²) in [5, 5.41) is 0.902. The number of piperazine rings is 1. The fourth-order valence-electron chi connectivity index (χ4n) is 4.59. The number of nitrogens with zero attached hydrogens (tertiary/aromatic N) is 4. The Kier molecular flexibility index (Phi) is 7.47. The molecule has 4 rings (SSSR count). The third-order valence-corrected chi connectivity index (χ3v) is 8.03. The molecule has 0 aliphatic carbocycles. The smallest absolute Gasteiger partial charge is 0.410 e. The van der Waals surface area contributed by atoms with Gasteiger partial charge >= 0.3 is 11.8 Å². The first-order valence-corrected chi connectivity index (χ1v) is 14.7. The Morgan fingerprint density at radius 3 is 2.51 bits per heavy atom. The van der Waals surface area contributed by atoms with Gasteiger partial charge in [0.1, 0.15) is 24.1 Å². The molecule has 0 saturated carbocycles. The molecule has 1 amide bonds. The molecule has 1 aromatic heterocycles. The predicted octanol–water partition coefficient (Wildman–Crippen LogP) is 3.38. The van der Waals surface area contributed by atoms with Crippen molar-refractivity contribution >= 4 is 60.5 Å². The van der Waals surface area contributed by atoms with Crippen LogP contribution in [0.4, 0.5) is 10.6 Å². The van der Waals surface area contributed by atoms with Gasteiger partial charge in [-0.1, -0.05) is 11.6 Å². The van der Waals surface area contributed by atoms with Crippen LogP contribution in [0.2, 0.25) is 5.02 Å². The summed E-state index contributed by atoms with van der Waals surface area (Å²) < 4.78 is 41.9. The second-order valence-corrected chi connectivity index (χ2v) is 13.2. The minimum absolute atomic E-state index is 0.0743. The van der Waals surface area contributed by atoms with E-state index in [0.717, 1.165) is 6.26 Å². The van der Waals surface area contributed by atoms with Gasteiger partial charge in [0, 0.05) is 30.6 Å². The molecule has 2 aromatic rings. The number of benzene rings is 1. The number of ether oxygens (including phenoxy) is 2. The van der Waals surface area contributed by atoms with E-state index in [9.17, 15) is 18.0 Å². The number of hydrogen-bond donors (Lipinski definition) is 0. The lowest BCUT2D eigenvalue weighted by atomic mass is 10.1. The third kappa shape index (κ3) is 5.84. The fraction of sp³-hybridized carbons (Fsp3) is 0.609. The number of carbonyl (C=O) groups excluding carboxylic acids is 1. The summed E-state index contributed by atoms with van der Waals surface area (Å²) in [6.07, 6.45) is -0.389. The van der Waals surface area contributed by atoms with E-state index >= 15 is 0 Å². The molecule has 204 valence electrons. The third-order valence-electron chi connectivity index (χ3n) is 6.09. The van der Waals surface area contributed by atoms with Crippen molar-refractivity contribution in [2.45, 2.75) is 65.0 Å². The fourth-order valence-corrected chi connectivity index (χ4v) is 5.82. The molecule has 37 heavy (non-hydrogen) atoms. The number of amides is 1. The summed E-state index contributed by atoms with van der Waals surface area (Å²) >= 11 is 9.97. The molecular weight excluding hydrogens is 592 g/mol. The average Bonchev–Trinajstić information content (AvgIpc) is 2.93. The van der Waals surface area contributed by atoms with Crippen molar-refractivity contribution in [3.8, 4) is 5.75 Å². The van der Waals surface area contributed by atoms with Gasteiger partial charge in [-0.2, -0.15) is 13.4 Å². The molecule has 0 unspecified atom stereocenters. The molecule has 1 fully saturated rings. The molecule has 14 heteroatoms. The van der Waals surface area contributed by atoms with Gasteiger partial charge in [0.05, 0.1) is 27.8 Å². The molecule has 0 bridgehead atoms. The minimum atomic E-state index is -3.79. The Bertz CT molecular complexity index is 1410. The van der Waals surface area contributed by atoms with Crippen LogP contribution in [0.5, 0.6) is 5.75 Å². The van der Waals surface area contributed by atoms with E-state index in [1.807, 2.05) is 39.5 Å². The van der Waals surface area contributed by atoms with Crippen LogP contribution < -0.4 is 15.3 Å². The van der Waals surface area contributed by atoms with Gasteiger partial charge < -0.3 is 19.3 Å². The van der Waals surface area contributed by atoms with Crippen LogP contribution in [0.3, 0.4) is 0 Å². The van der Waals surface area contributed by atoms with E-state index < -0.39 is 33.6 Å². The molecule has 0 spiro atoms. The molecule has 1 aromatic carbocycles. The van der Waals surface area contributed by atoms with Crippen LogP contribution in [-0.4, -0.2) is 78.7 Å². The summed E-state index contributed by atoms with van der Waals surface area (Å²) in [6.45, 7) is 9.88. The first kappa shape index (κ1) is 27.9. The lowest BCUT2D eigenvalue weighted by molar-refractivity contribution is 0.0130. The van der Waals surface area contributed by atoms with Crippen LogP contribution in [0.15, 0.2) is 15.3 Å².